The molecule has 5 heteroatoms. The zero-order chi connectivity index (χ0) is 13.7. The van der Waals surface area contributed by atoms with Gasteiger partial charge in [0.2, 0.25) is 0 Å². The molecule has 1 aliphatic heterocycles. The molecule has 0 bridgehead atoms. The van der Waals surface area contributed by atoms with E-state index < -0.39 is 5.54 Å². The minimum absolute atomic E-state index is 0.203. The van der Waals surface area contributed by atoms with Crippen LogP contribution in [0.4, 0.5) is 5.69 Å². The maximum atomic E-state index is 12.2. The van der Waals surface area contributed by atoms with Gasteiger partial charge in [0.25, 0.3) is 0 Å². The SMILES string of the molecule is COC(=O)C1(Nc2ccccc2OC)CCCSC1. The average molecular weight is 281 g/mol. The van der Waals surface area contributed by atoms with E-state index in [-0.39, 0.29) is 5.97 Å². The van der Waals surface area contributed by atoms with Crippen molar-refractivity contribution in [3.05, 3.63) is 24.3 Å². The number of carbonyl (C=O) groups excluding carboxylic acids is 1. The fraction of sp³-hybridized carbons (Fsp3) is 0.500. The number of rotatable bonds is 4. The molecule has 0 spiro atoms. The third kappa shape index (κ3) is 2.97. The van der Waals surface area contributed by atoms with E-state index in [1.807, 2.05) is 24.3 Å². The van der Waals surface area contributed by atoms with Crippen LogP contribution >= 0.6 is 11.8 Å². The zero-order valence-corrected chi connectivity index (χ0v) is 12.1. The number of benzene rings is 1. The van der Waals surface area contributed by atoms with Crippen LogP contribution in [0.2, 0.25) is 0 Å². The monoisotopic (exact) mass is 281 g/mol. The lowest BCUT2D eigenvalue weighted by Gasteiger charge is -2.36. The average Bonchev–Trinajstić information content (AvgIpc) is 2.48. The molecule has 2 rings (SSSR count). The molecule has 104 valence electrons. The molecule has 1 aromatic carbocycles. The summed E-state index contributed by atoms with van der Waals surface area (Å²) in [5.74, 6) is 2.34. The lowest BCUT2D eigenvalue weighted by Crippen LogP contribution is -2.51. The van der Waals surface area contributed by atoms with Crippen molar-refractivity contribution >= 4 is 23.4 Å². The molecule has 1 unspecified atom stereocenters. The molecular weight excluding hydrogens is 262 g/mol. The first-order valence-corrected chi connectivity index (χ1v) is 7.45. The van der Waals surface area contributed by atoms with Gasteiger partial charge in [0.1, 0.15) is 11.3 Å². The summed E-state index contributed by atoms with van der Waals surface area (Å²) >= 11 is 1.77. The Morgan fingerprint density at radius 1 is 1.37 bits per heavy atom. The van der Waals surface area contributed by atoms with Crippen molar-refractivity contribution in [3.8, 4) is 5.75 Å². The highest BCUT2D eigenvalue weighted by molar-refractivity contribution is 7.99. The molecular formula is C14H19NO3S. The number of hydrogen-bond acceptors (Lipinski definition) is 5. The van der Waals surface area contributed by atoms with Crippen LogP contribution in [-0.2, 0) is 9.53 Å². The van der Waals surface area contributed by atoms with Crippen LogP contribution in [0.3, 0.4) is 0 Å². The van der Waals surface area contributed by atoms with Gasteiger partial charge in [-0.25, -0.2) is 4.79 Å². The van der Waals surface area contributed by atoms with E-state index in [4.69, 9.17) is 9.47 Å². The van der Waals surface area contributed by atoms with Gasteiger partial charge in [-0.3, -0.25) is 0 Å². The van der Waals surface area contributed by atoms with Crippen molar-refractivity contribution in [2.45, 2.75) is 18.4 Å². The quantitative estimate of drug-likeness (QED) is 0.859. The van der Waals surface area contributed by atoms with Crippen LogP contribution in [0.1, 0.15) is 12.8 Å². The van der Waals surface area contributed by atoms with Gasteiger partial charge in [-0.2, -0.15) is 11.8 Å². The standard InChI is InChI=1S/C14H19NO3S/c1-17-12-7-4-3-6-11(12)15-14(13(16)18-2)8-5-9-19-10-14/h3-4,6-7,15H,5,8-10H2,1-2H3. The largest absolute Gasteiger partial charge is 0.495 e. The maximum absolute atomic E-state index is 12.2. The lowest BCUT2D eigenvalue weighted by molar-refractivity contribution is -0.145. The molecule has 0 saturated carbocycles. The topological polar surface area (TPSA) is 47.6 Å². The van der Waals surface area contributed by atoms with Crippen molar-refractivity contribution in [1.82, 2.24) is 0 Å². The van der Waals surface area contributed by atoms with Crippen molar-refractivity contribution in [1.29, 1.82) is 0 Å². The molecule has 1 fully saturated rings. The van der Waals surface area contributed by atoms with Gasteiger partial charge in [0, 0.05) is 5.75 Å². The molecule has 0 radical (unpaired) electrons. The fourth-order valence-corrected chi connectivity index (χ4v) is 3.48. The number of carbonyl (C=O) groups is 1. The van der Waals surface area contributed by atoms with E-state index in [9.17, 15) is 4.79 Å². The number of anilines is 1. The second-order valence-electron chi connectivity index (χ2n) is 4.56. The summed E-state index contributed by atoms with van der Waals surface area (Å²) in [5.41, 5.74) is 0.185. The number of para-hydroxylation sites is 2. The summed E-state index contributed by atoms with van der Waals surface area (Å²) in [6.45, 7) is 0. The van der Waals surface area contributed by atoms with Gasteiger partial charge in [-0.1, -0.05) is 12.1 Å². The Balaban J connectivity index is 2.27. The highest BCUT2D eigenvalue weighted by Crippen LogP contribution is 2.34. The molecule has 0 aromatic heterocycles. The number of thioether (sulfide) groups is 1. The third-order valence-electron chi connectivity index (χ3n) is 3.30. The van der Waals surface area contributed by atoms with Crippen LogP contribution in [0.15, 0.2) is 24.3 Å². The molecule has 1 aliphatic rings. The summed E-state index contributed by atoms with van der Waals surface area (Å²) in [5, 5.41) is 3.34. The Morgan fingerprint density at radius 3 is 2.79 bits per heavy atom. The Kier molecular flexibility index (Phi) is 4.58. The Hall–Kier alpha value is -1.36. The van der Waals surface area contributed by atoms with Crippen molar-refractivity contribution in [2.75, 3.05) is 31.0 Å². The van der Waals surface area contributed by atoms with Crippen molar-refractivity contribution < 1.29 is 14.3 Å². The minimum atomic E-state index is -0.647. The minimum Gasteiger partial charge on any atom is -0.495 e. The fourth-order valence-electron chi connectivity index (χ4n) is 2.31. The molecule has 4 nitrogen and oxygen atoms in total. The number of hydrogen-bond donors (Lipinski definition) is 1. The van der Waals surface area contributed by atoms with Crippen LogP contribution in [0, 0.1) is 0 Å². The predicted octanol–water partition coefficient (Wildman–Crippen LogP) is 2.55. The zero-order valence-electron chi connectivity index (χ0n) is 11.3. The molecule has 19 heavy (non-hydrogen) atoms. The van der Waals surface area contributed by atoms with E-state index in [0.29, 0.717) is 0 Å². The lowest BCUT2D eigenvalue weighted by atomic mass is 9.94. The summed E-state index contributed by atoms with van der Waals surface area (Å²) in [7, 11) is 3.06. The van der Waals surface area contributed by atoms with E-state index in [1.54, 1.807) is 18.9 Å². The van der Waals surface area contributed by atoms with Crippen LogP contribution in [-0.4, -0.2) is 37.2 Å². The van der Waals surface area contributed by atoms with E-state index >= 15 is 0 Å². The van der Waals surface area contributed by atoms with Crippen LogP contribution < -0.4 is 10.1 Å². The van der Waals surface area contributed by atoms with Gasteiger partial charge in [-0.05, 0) is 30.7 Å². The molecule has 1 atom stereocenters. The molecule has 1 aromatic rings. The van der Waals surface area contributed by atoms with Gasteiger partial charge in [0.15, 0.2) is 0 Å². The maximum Gasteiger partial charge on any atom is 0.332 e. The predicted molar refractivity (Wildman–Crippen MR) is 77.9 cm³/mol. The van der Waals surface area contributed by atoms with Crippen LogP contribution in [0.25, 0.3) is 0 Å². The summed E-state index contributed by atoms with van der Waals surface area (Å²) in [6, 6.07) is 7.63. The van der Waals surface area contributed by atoms with Gasteiger partial charge in [-0.15, -0.1) is 0 Å². The summed E-state index contributed by atoms with van der Waals surface area (Å²) in [6.07, 6.45) is 1.78. The highest BCUT2D eigenvalue weighted by Gasteiger charge is 2.41. The Bertz CT molecular complexity index is 444. The number of esters is 1. The number of ether oxygens (including phenoxy) is 2. The molecule has 1 heterocycles. The first-order chi connectivity index (χ1) is 9.22. The molecule has 0 amide bonds. The molecule has 0 aliphatic carbocycles. The smallest absolute Gasteiger partial charge is 0.332 e. The van der Waals surface area contributed by atoms with Crippen molar-refractivity contribution in [3.63, 3.8) is 0 Å². The van der Waals surface area contributed by atoms with Crippen LogP contribution in [0.5, 0.6) is 5.75 Å². The van der Waals surface area contributed by atoms with E-state index in [2.05, 4.69) is 5.32 Å². The van der Waals surface area contributed by atoms with Gasteiger partial charge >= 0.3 is 5.97 Å². The molecule has 1 N–H and O–H groups in total. The van der Waals surface area contributed by atoms with E-state index in [1.165, 1.54) is 7.11 Å². The van der Waals surface area contributed by atoms with E-state index in [0.717, 1.165) is 35.8 Å². The second-order valence-corrected chi connectivity index (χ2v) is 5.66. The summed E-state index contributed by atoms with van der Waals surface area (Å²) in [4.78, 5) is 12.2. The van der Waals surface area contributed by atoms with Gasteiger partial charge < -0.3 is 14.8 Å². The third-order valence-corrected chi connectivity index (χ3v) is 4.57. The normalized spacial score (nSPS) is 22.6. The summed E-state index contributed by atoms with van der Waals surface area (Å²) < 4.78 is 10.3. The second kappa shape index (κ2) is 6.19. The highest BCUT2D eigenvalue weighted by atomic mass is 32.2. The number of methoxy groups -OCH3 is 2. The van der Waals surface area contributed by atoms with Gasteiger partial charge in [0.05, 0.1) is 19.9 Å². The Morgan fingerprint density at radius 2 is 2.16 bits per heavy atom. The first kappa shape index (κ1) is 14.1. The number of nitrogens with one attached hydrogen (secondary N) is 1. The first-order valence-electron chi connectivity index (χ1n) is 6.29. The Labute approximate surface area is 117 Å². The van der Waals surface area contributed by atoms with Crippen molar-refractivity contribution in [2.24, 2.45) is 0 Å². The molecule has 1 saturated heterocycles.